The number of allylic oxidation sites excluding steroid dienone is 1. The van der Waals surface area contributed by atoms with Gasteiger partial charge in [0.25, 0.3) is 0 Å². The maximum absolute atomic E-state index is 5.01. The molecule has 1 nitrogen and oxygen atoms in total. The molecular formula is C8H14O. The molecule has 1 heteroatoms. The highest BCUT2D eigenvalue weighted by Gasteiger charge is 2.20. The second-order valence-corrected chi connectivity index (χ2v) is 2.53. The number of hydrogen-bond donors (Lipinski definition) is 0. The molecule has 1 rings (SSSR count). The molecule has 0 aliphatic carbocycles. The standard InChI is InChI=1S/C8H14O/c1-3-5-7(4-2)8-6-9-8/h6-7H,3-5H2,1-2H3. The van der Waals surface area contributed by atoms with Crippen molar-refractivity contribution in [3.05, 3.63) is 12.0 Å². The van der Waals surface area contributed by atoms with Gasteiger partial charge in [0.2, 0.25) is 0 Å². The molecule has 1 aliphatic heterocycles. The lowest BCUT2D eigenvalue weighted by Crippen LogP contribution is -1.95. The molecule has 52 valence electrons. The molecule has 0 saturated heterocycles. The predicted octanol–water partition coefficient (Wildman–Crippen LogP) is 2.68. The maximum Gasteiger partial charge on any atom is 0.141 e. The van der Waals surface area contributed by atoms with E-state index < -0.39 is 0 Å². The molecule has 1 heterocycles. The van der Waals surface area contributed by atoms with Crippen LogP contribution in [-0.4, -0.2) is 0 Å². The largest absolute Gasteiger partial charge is 0.462 e. The maximum atomic E-state index is 5.01. The summed E-state index contributed by atoms with van der Waals surface area (Å²) in [5.74, 6) is 1.94. The molecule has 1 aliphatic rings. The molecule has 0 aromatic rings. The third-order valence-electron chi connectivity index (χ3n) is 1.79. The Bertz CT molecular complexity index is 116. The molecule has 0 amide bonds. The molecule has 0 spiro atoms. The van der Waals surface area contributed by atoms with Gasteiger partial charge >= 0.3 is 0 Å². The van der Waals surface area contributed by atoms with Crippen LogP contribution >= 0.6 is 0 Å². The molecular weight excluding hydrogens is 112 g/mol. The molecule has 9 heavy (non-hydrogen) atoms. The first kappa shape index (κ1) is 6.66. The Hall–Kier alpha value is -0.460. The Morgan fingerprint density at radius 3 is 2.56 bits per heavy atom. The van der Waals surface area contributed by atoms with E-state index >= 15 is 0 Å². The molecule has 0 N–H and O–H groups in total. The molecule has 0 bridgehead atoms. The minimum absolute atomic E-state index is 0.718. The predicted molar refractivity (Wildman–Crippen MR) is 37.9 cm³/mol. The summed E-state index contributed by atoms with van der Waals surface area (Å²) in [5, 5.41) is 0. The van der Waals surface area contributed by atoms with Gasteiger partial charge in [0.1, 0.15) is 12.0 Å². The van der Waals surface area contributed by atoms with Gasteiger partial charge in [-0.1, -0.05) is 20.3 Å². The number of hydrogen-bond acceptors (Lipinski definition) is 1. The van der Waals surface area contributed by atoms with Crippen molar-refractivity contribution < 1.29 is 4.74 Å². The minimum Gasteiger partial charge on any atom is -0.462 e. The van der Waals surface area contributed by atoms with Gasteiger partial charge in [-0.05, 0) is 12.8 Å². The Kier molecular flexibility index (Phi) is 2.15. The van der Waals surface area contributed by atoms with E-state index in [0.29, 0.717) is 0 Å². The lowest BCUT2D eigenvalue weighted by molar-refractivity contribution is 0.398. The first-order chi connectivity index (χ1) is 4.38. The molecule has 1 unspecified atom stereocenters. The fourth-order valence-electron chi connectivity index (χ4n) is 1.12. The minimum atomic E-state index is 0.718. The van der Waals surface area contributed by atoms with Crippen LogP contribution in [0.1, 0.15) is 33.1 Å². The van der Waals surface area contributed by atoms with Crippen molar-refractivity contribution in [3.8, 4) is 0 Å². The Balaban J connectivity index is 2.21. The second-order valence-electron chi connectivity index (χ2n) is 2.53. The average molecular weight is 126 g/mol. The van der Waals surface area contributed by atoms with Crippen LogP contribution in [0.15, 0.2) is 12.0 Å². The lowest BCUT2D eigenvalue weighted by atomic mass is 10.0. The number of rotatable bonds is 4. The van der Waals surface area contributed by atoms with Crippen molar-refractivity contribution in [1.82, 2.24) is 0 Å². The molecule has 0 fully saturated rings. The van der Waals surface area contributed by atoms with Crippen LogP contribution in [0.5, 0.6) is 0 Å². The van der Waals surface area contributed by atoms with E-state index in [9.17, 15) is 0 Å². The highest BCUT2D eigenvalue weighted by molar-refractivity contribution is 5.07. The summed E-state index contributed by atoms with van der Waals surface area (Å²) in [6, 6.07) is 0. The van der Waals surface area contributed by atoms with Gasteiger partial charge in [-0.25, -0.2) is 0 Å². The SMILES string of the molecule is CCCC(CC)C1=CO1. The van der Waals surface area contributed by atoms with Crippen molar-refractivity contribution in [3.63, 3.8) is 0 Å². The van der Waals surface area contributed by atoms with Gasteiger partial charge < -0.3 is 4.74 Å². The van der Waals surface area contributed by atoms with Crippen LogP contribution in [0.3, 0.4) is 0 Å². The Labute approximate surface area is 56.7 Å². The van der Waals surface area contributed by atoms with Crippen molar-refractivity contribution in [2.75, 3.05) is 0 Å². The molecule has 0 aromatic carbocycles. The van der Waals surface area contributed by atoms with Crippen LogP contribution in [0.2, 0.25) is 0 Å². The third kappa shape index (κ3) is 1.74. The van der Waals surface area contributed by atoms with Gasteiger partial charge in [-0.2, -0.15) is 0 Å². The molecule has 0 saturated carbocycles. The summed E-state index contributed by atoms with van der Waals surface area (Å²) in [4.78, 5) is 0. The first-order valence-corrected chi connectivity index (χ1v) is 3.75. The fourth-order valence-corrected chi connectivity index (χ4v) is 1.12. The third-order valence-corrected chi connectivity index (χ3v) is 1.79. The van der Waals surface area contributed by atoms with Crippen molar-refractivity contribution in [2.45, 2.75) is 33.1 Å². The van der Waals surface area contributed by atoms with E-state index in [1.165, 1.54) is 25.0 Å². The van der Waals surface area contributed by atoms with E-state index in [-0.39, 0.29) is 0 Å². The van der Waals surface area contributed by atoms with Gasteiger partial charge in [-0.15, -0.1) is 0 Å². The topological polar surface area (TPSA) is 12.5 Å². The highest BCUT2D eigenvalue weighted by atomic mass is 16.5. The Morgan fingerprint density at radius 1 is 1.56 bits per heavy atom. The fraction of sp³-hybridized carbons (Fsp3) is 0.750. The van der Waals surface area contributed by atoms with Crippen LogP contribution in [0, 0.1) is 5.92 Å². The zero-order chi connectivity index (χ0) is 6.69. The zero-order valence-electron chi connectivity index (χ0n) is 6.18. The van der Waals surface area contributed by atoms with E-state index in [1.54, 1.807) is 0 Å². The quantitative estimate of drug-likeness (QED) is 0.564. The smallest absolute Gasteiger partial charge is 0.141 e. The second kappa shape index (κ2) is 2.90. The normalized spacial score (nSPS) is 18.2. The highest BCUT2D eigenvalue weighted by Crippen LogP contribution is 2.29. The van der Waals surface area contributed by atoms with Crippen molar-refractivity contribution in [2.24, 2.45) is 5.92 Å². The van der Waals surface area contributed by atoms with Gasteiger partial charge in [0.15, 0.2) is 0 Å². The number of ether oxygens (including phenoxy) is 1. The summed E-state index contributed by atoms with van der Waals surface area (Å²) in [5.41, 5.74) is 0. The average Bonchev–Trinajstić information content (AvgIpc) is 2.64. The van der Waals surface area contributed by atoms with Crippen LogP contribution in [0.4, 0.5) is 0 Å². The van der Waals surface area contributed by atoms with Crippen molar-refractivity contribution in [1.29, 1.82) is 0 Å². The van der Waals surface area contributed by atoms with E-state index in [4.69, 9.17) is 4.74 Å². The summed E-state index contributed by atoms with van der Waals surface area (Å²) >= 11 is 0. The summed E-state index contributed by atoms with van der Waals surface area (Å²) < 4.78 is 5.01. The van der Waals surface area contributed by atoms with Gasteiger partial charge in [0.05, 0.1) is 0 Å². The van der Waals surface area contributed by atoms with E-state index in [1.807, 2.05) is 6.26 Å². The summed E-state index contributed by atoms with van der Waals surface area (Å²) in [7, 11) is 0. The monoisotopic (exact) mass is 126 g/mol. The van der Waals surface area contributed by atoms with Crippen LogP contribution < -0.4 is 0 Å². The Morgan fingerprint density at radius 2 is 2.22 bits per heavy atom. The van der Waals surface area contributed by atoms with Gasteiger partial charge in [-0.3, -0.25) is 0 Å². The van der Waals surface area contributed by atoms with Crippen LogP contribution in [-0.2, 0) is 4.74 Å². The molecule has 0 aromatic heterocycles. The van der Waals surface area contributed by atoms with Crippen LogP contribution in [0.25, 0.3) is 0 Å². The first-order valence-electron chi connectivity index (χ1n) is 3.75. The molecule has 0 radical (unpaired) electrons. The van der Waals surface area contributed by atoms with E-state index in [0.717, 1.165) is 5.92 Å². The summed E-state index contributed by atoms with van der Waals surface area (Å²) in [6.07, 6.45) is 5.63. The van der Waals surface area contributed by atoms with Crippen molar-refractivity contribution >= 4 is 0 Å². The summed E-state index contributed by atoms with van der Waals surface area (Å²) in [6.45, 7) is 4.43. The van der Waals surface area contributed by atoms with Gasteiger partial charge in [0, 0.05) is 5.92 Å². The van der Waals surface area contributed by atoms with E-state index in [2.05, 4.69) is 13.8 Å². The molecule has 1 atom stereocenters. The zero-order valence-corrected chi connectivity index (χ0v) is 6.18. The lowest BCUT2D eigenvalue weighted by Gasteiger charge is -2.04.